The third kappa shape index (κ3) is 4.34. The van der Waals surface area contributed by atoms with Gasteiger partial charge in [0.05, 0.1) is 0 Å². The van der Waals surface area contributed by atoms with Crippen molar-refractivity contribution >= 4 is 23.4 Å². The second-order valence-corrected chi connectivity index (χ2v) is 5.16. The number of nitrogens with one attached hydrogen (secondary N) is 2. The fourth-order valence-corrected chi connectivity index (χ4v) is 2.00. The topological polar surface area (TPSA) is 70.1 Å². The number of aromatic nitrogens is 2. The van der Waals surface area contributed by atoms with Gasteiger partial charge in [0.2, 0.25) is 0 Å². The van der Waals surface area contributed by atoms with Crippen molar-refractivity contribution in [3.63, 3.8) is 0 Å². The van der Waals surface area contributed by atoms with Crippen molar-refractivity contribution in [2.75, 3.05) is 30.5 Å². The first-order valence-electron chi connectivity index (χ1n) is 6.09. The Bertz CT molecular complexity index is 351. The summed E-state index contributed by atoms with van der Waals surface area (Å²) in [6.07, 6.45) is 2.66. The zero-order valence-electron chi connectivity index (χ0n) is 11.4. The van der Waals surface area contributed by atoms with Gasteiger partial charge in [-0.2, -0.15) is 0 Å². The molecule has 0 aliphatic rings. The lowest BCUT2D eigenvalue weighted by Gasteiger charge is -2.22. The molecular weight excluding hydrogens is 248 g/mol. The van der Waals surface area contributed by atoms with Crippen LogP contribution in [0.2, 0.25) is 0 Å². The fraction of sp³-hybridized carbons (Fsp3) is 0.667. The molecule has 18 heavy (non-hydrogen) atoms. The van der Waals surface area contributed by atoms with E-state index in [0.29, 0.717) is 12.3 Å². The highest BCUT2D eigenvalue weighted by atomic mass is 32.2. The number of aliphatic hydroxyl groups is 1. The van der Waals surface area contributed by atoms with Crippen LogP contribution in [-0.4, -0.2) is 41.0 Å². The van der Waals surface area contributed by atoms with Crippen molar-refractivity contribution in [1.82, 2.24) is 9.97 Å². The van der Waals surface area contributed by atoms with Crippen molar-refractivity contribution in [3.05, 3.63) is 6.07 Å². The largest absolute Gasteiger partial charge is 0.396 e. The number of hydrogen-bond donors (Lipinski definition) is 3. The van der Waals surface area contributed by atoms with E-state index in [1.807, 2.05) is 19.4 Å². The summed E-state index contributed by atoms with van der Waals surface area (Å²) < 4.78 is 0. The maximum atomic E-state index is 9.08. The Morgan fingerprint density at radius 3 is 2.50 bits per heavy atom. The van der Waals surface area contributed by atoms with Crippen molar-refractivity contribution in [2.45, 2.75) is 31.5 Å². The van der Waals surface area contributed by atoms with Gasteiger partial charge in [0.1, 0.15) is 11.6 Å². The van der Waals surface area contributed by atoms with Crippen molar-refractivity contribution < 1.29 is 5.11 Å². The highest BCUT2D eigenvalue weighted by Crippen LogP contribution is 2.19. The standard InChI is InChI=1S/C12H22N4OS/c1-8(2)9(5-6-17)14-11-7-10(13-3)15-12(16-11)18-4/h7-9,17H,5-6H2,1-4H3,(H2,13,14,15,16). The quantitative estimate of drug-likeness (QED) is 0.520. The predicted octanol–water partition coefficient (Wildman–Crippen LogP) is 2.06. The maximum Gasteiger partial charge on any atom is 0.191 e. The van der Waals surface area contributed by atoms with Gasteiger partial charge < -0.3 is 15.7 Å². The second kappa shape index (κ2) is 7.43. The molecule has 1 aromatic rings. The lowest BCUT2D eigenvalue weighted by atomic mass is 10.0. The van der Waals surface area contributed by atoms with Crippen LogP contribution in [0.4, 0.5) is 11.6 Å². The highest BCUT2D eigenvalue weighted by molar-refractivity contribution is 7.98. The molecule has 1 rings (SSSR count). The molecule has 0 fully saturated rings. The smallest absolute Gasteiger partial charge is 0.191 e. The van der Waals surface area contributed by atoms with Crippen molar-refractivity contribution in [2.24, 2.45) is 5.92 Å². The molecule has 0 aliphatic heterocycles. The lowest BCUT2D eigenvalue weighted by Crippen LogP contribution is -2.27. The molecule has 1 heterocycles. The molecule has 1 unspecified atom stereocenters. The highest BCUT2D eigenvalue weighted by Gasteiger charge is 2.14. The number of hydrogen-bond acceptors (Lipinski definition) is 6. The lowest BCUT2D eigenvalue weighted by molar-refractivity contribution is 0.267. The van der Waals surface area contributed by atoms with Crippen LogP contribution < -0.4 is 10.6 Å². The minimum atomic E-state index is 0.176. The SMILES string of the molecule is CNc1cc(NC(CCO)C(C)C)nc(SC)n1. The molecule has 0 radical (unpaired) electrons. The Hall–Kier alpha value is -1.01. The van der Waals surface area contributed by atoms with Gasteiger partial charge >= 0.3 is 0 Å². The average Bonchev–Trinajstić information content (AvgIpc) is 2.37. The van der Waals surface area contributed by atoms with E-state index in [1.165, 1.54) is 11.8 Å². The summed E-state index contributed by atoms with van der Waals surface area (Å²) in [5.74, 6) is 2.03. The molecule has 5 nitrogen and oxygen atoms in total. The van der Waals surface area contributed by atoms with Crippen LogP contribution in [0.3, 0.4) is 0 Å². The Morgan fingerprint density at radius 2 is 2.00 bits per heavy atom. The zero-order chi connectivity index (χ0) is 13.5. The van der Waals surface area contributed by atoms with E-state index in [-0.39, 0.29) is 12.6 Å². The predicted molar refractivity (Wildman–Crippen MR) is 77.3 cm³/mol. The molecule has 0 aromatic carbocycles. The minimum Gasteiger partial charge on any atom is -0.396 e. The monoisotopic (exact) mass is 270 g/mol. The molecule has 0 spiro atoms. The van der Waals surface area contributed by atoms with E-state index in [4.69, 9.17) is 5.11 Å². The zero-order valence-corrected chi connectivity index (χ0v) is 12.2. The first-order chi connectivity index (χ1) is 8.60. The van der Waals surface area contributed by atoms with Crippen LogP contribution in [0.15, 0.2) is 11.2 Å². The molecule has 1 atom stereocenters. The van der Waals surface area contributed by atoms with E-state index in [1.54, 1.807) is 0 Å². The van der Waals surface area contributed by atoms with Crippen LogP contribution in [0, 0.1) is 5.92 Å². The third-order valence-electron chi connectivity index (χ3n) is 2.72. The molecule has 6 heteroatoms. The van der Waals surface area contributed by atoms with Crippen LogP contribution in [0.1, 0.15) is 20.3 Å². The summed E-state index contributed by atoms with van der Waals surface area (Å²) >= 11 is 1.51. The van der Waals surface area contributed by atoms with E-state index in [2.05, 4.69) is 34.4 Å². The van der Waals surface area contributed by atoms with E-state index in [9.17, 15) is 0 Å². The molecule has 102 valence electrons. The van der Waals surface area contributed by atoms with E-state index in [0.717, 1.165) is 16.8 Å². The van der Waals surface area contributed by atoms with Crippen molar-refractivity contribution in [3.8, 4) is 0 Å². The Labute approximate surface area is 113 Å². The summed E-state index contributed by atoms with van der Waals surface area (Å²) in [5.41, 5.74) is 0. The molecular formula is C12H22N4OS. The molecule has 0 bridgehead atoms. The number of anilines is 2. The van der Waals surface area contributed by atoms with E-state index >= 15 is 0 Å². The van der Waals surface area contributed by atoms with Gasteiger partial charge in [-0.3, -0.25) is 0 Å². The summed E-state index contributed by atoms with van der Waals surface area (Å²) in [5, 5.41) is 16.2. The van der Waals surface area contributed by atoms with Crippen molar-refractivity contribution in [1.29, 1.82) is 0 Å². The van der Waals surface area contributed by atoms with Gasteiger partial charge in [0.15, 0.2) is 5.16 Å². The fourth-order valence-electron chi connectivity index (χ4n) is 1.62. The Balaban J connectivity index is 2.87. The summed E-state index contributed by atoms with van der Waals surface area (Å²) in [6.45, 7) is 4.43. The van der Waals surface area contributed by atoms with Gasteiger partial charge in [0.25, 0.3) is 0 Å². The Morgan fingerprint density at radius 1 is 1.33 bits per heavy atom. The van der Waals surface area contributed by atoms with Crippen LogP contribution >= 0.6 is 11.8 Å². The Kier molecular flexibility index (Phi) is 6.21. The van der Waals surface area contributed by atoms with Gasteiger partial charge in [-0.15, -0.1) is 0 Å². The summed E-state index contributed by atoms with van der Waals surface area (Å²) in [7, 11) is 1.84. The number of nitrogens with zero attached hydrogens (tertiary/aromatic N) is 2. The number of aliphatic hydroxyl groups excluding tert-OH is 1. The number of rotatable bonds is 7. The van der Waals surface area contributed by atoms with Crippen LogP contribution in [0.25, 0.3) is 0 Å². The maximum absolute atomic E-state index is 9.08. The van der Waals surface area contributed by atoms with Gasteiger partial charge in [0, 0.05) is 25.8 Å². The number of thioether (sulfide) groups is 1. The summed E-state index contributed by atoms with van der Waals surface area (Å²) in [4.78, 5) is 8.74. The third-order valence-corrected chi connectivity index (χ3v) is 3.27. The average molecular weight is 270 g/mol. The molecule has 0 saturated heterocycles. The van der Waals surface area contributed by atoms with Crippen LogP contribution in [0.5, 0.6) is 0 Å². The minimum absolute atomic E-state index is 0.176. The summed E-state index contributed by atoms with van der Waals surface area (Å²) in [6, 6.07) is 2.09. The molecule has 0 amide bonds. The molecule has 0 saturated carbocycles. The molecule has 0 aliphatic carbocycles. The second-order valence-electron chi connectivity index (χ2n) is 4.38. The molecule has 1 aromatic heterocycles. The van der Waals surface area contributed by atoms with Crippen LogP contribution in [-0.2, 0) is 0 Å². The van der Waals surface area contributed by atoms with E-state index < -0.39 is 0 Å². The first-order valence-corrected chi connectivity index (χ1v) is 7.31. The molecule has 3 N–H and O–H groups in total. The van der Waals surface area contributed by atoms with Gasteiger partial charge in [-0.1, -0.05) is 25.6 Å². The van der Waals surface area contributed by atoms with Gasteiger partial charge in [-0.25, -0.2) is 9.97 Å². The normalized spacial score (nSPS) is 12.6. The first kappa shape index (κ1) is 15.0. The van der Waals surface area contributed by atoms with Gasteiger partial charge in [-0.05, 0) is 18.6 Å².